The van der Waals surface area contributed by atoms with Crippen molar-refractivity contribution in [2.45, 2.75) is 44.0 Å². The molecule has 9 heteroatoms. The lowest BCUT2D eigenvalue weighted by Crippen LogP contribution is -2.35. The van der Waals surface area contributed by atoms with Gasteiger partial charge in [0.2, 0.25) is 10.0 Å². The highest BCUT2D eigenvalue weighted by atomic mass is 32.2. The van der Waals surface area contributed by atoms with Crippen LogP contribution in [0.5, 0.6) is 11.5 Å². The number of aromatic nitrogens is 2. The van der Waals surface area contributed by atoms with E-state index >= 15 is 0 Å². The number of methoxy groups -OCH3 is 2. The molecule has 8 nitrogen and oxygen atoms in total. The minimum absolute atomic E-state index is 0.104. The van der Waals surface area contributed by atoms with Crippen LogP contribution in [-0.4, -0.2) is 43.5 Å². The molecule has 0 N–H and O–H groups in total. The predicted octanol–water partition coefficient (Wildman–Crippen LogP) is 5.08. The molecule has 1 unspecified atom stereocenters. The average molecular weight is 536 g/mol. The number of benzene rings is 3. The van der Waals surface area contributed by atoms with Gasteiger partial charge >= 0.3 is 0 Å². The summed E-state index contributed by atoms with van der Waals surface area (Å²) in [4.78, 5) is 18.8. The molecule has 0 amide bonds. The quantitative estimate of drug-likeness (QED) is 0.328. The van der Waals surface area contributed by atoms with Crippen LogP contribution >= 0.6 is 0 Å². The Morgan fingerprint density at radius 2 is 1.47 bits per heavy atom. The monoisotopic (exact) mass is 535 g/mol. The van der Waals surface area contributed by atoms with Crippen molar-refractivity contribution in [2.24, 2.45) is 0 Å². The number of fused-ring (bicyclic) bond motifs is 1. The number of hydrogen-bond donors (Lipinski definition) is 0. The molecular formula is C29H33N3O5S. The van der Waals surface area contributed by atoms with Gasteiger partial charge in [0.25, 0.3) is 5.56 Å². The van der Waals surface area contributed by atoms with E-state index in [9.17, 15) is 13.2 Å². The summed E-state index contributed by atoms with van der Waals surface area (Å²) in [6.45, 7) is 7.94. The Morgan fingerprint density at radius 3 is 2.03 bits per heavy atom. The Hall–Kier alpha value is -3.69. The van der Waals surface area contributed by atoms with Crippen molar-refractivity contribution in [1.29, 1.82) is 0 Å². The van der Waals surface area contributed by atoms with Crippen LogP contribution < -0.4 is 15.0 Å². The largest absolute Gasteiger partial charge is 0.497 e. The normalized spacial score (nSPS) is 13.1. The first kappa shape index (κ1) is 27.3. The summed E-state index contributed by atoms with van der Waals surface area (Å²) < 4.78 is 40.6. The van der Waals surface area contributed by atoms with Gasteiger partial charge in [0, 0.05) is 7.05 Å². The van der Waals surface area contributed by atoms with E-state index < -0.39 is 16.1 Å². The maximum Gasteiger partial charge on any atom is 0.266 e. The van der Waals surface area contributed by atoms with Crippen LogP contribution in [0, 0.1) is 0 Å². The number of sulfonamides is 1. The summed E-state index contributed by atoms with van der Waals surface area (Å²) in [5.41, 5.74) is 1.58. The molecule has 0 aliphatic carbocycles. The van der Waals surface area contributed by atoms with E-state index in [4.69, 9.17) is 14.5 Å². The third-order valence-corrected chi connectivity index (χ3v) is 8.69. The summed E-state index contributed by atoms with van der Waals surface area (Å²) in [5, 5.41) is 0.361. The Bertz CT molecular complexity index is 1620. The standard InChI is InChI=1S/C29H33N3O5S/c1-19(31(5)38(34,35)24-15-8-20(9-16-24)29(2,3)4)27-30-26-17-14-23(37-7)18-25(26)28(33)32(27)21-10-12-22(36-6)13-11-21/h8-19H,1-7H3. The summed E-state index contributed by atoms with van der Waals surface area (Å²) in [6.07, 6.45) is 0. The summed E-state index contributed by atoms with van der Waals surface area (Å²) in [7, 11) is 0.694. The maximum atomic E-state index is 13.8. The van der Waals surface area contributed by atoms with Crippen LogP contribution in [0.4, 0.5) is 0 Å². The lowest BCUT2D eigenvalue weighted by Gasteiger charge is -2.27. The molecule has 0 saturated heterocycles. The first-order valence-corrected chi connectivity index (χ1v) is 13.7. The van der Waals surface area contributed by atoms with E-state index in [-0.39, 0.29) is 21.7 Å². The van der Waals surface area contributed by atoms with Crippen LogP contribution in [0.15, 0.2) is 76.4 Å². The van der Waals surface area contributed by atoms with Crippen LogP contribution in [0.3, 0.4) is 0 Å². The molecule has 1 atom stereocenters. The van der Waals surface area contributed by atoms with Crippen LogP contribution in [0.1, 0.15) is 45.1 Å². The zero-order chi connectivity index (χ0) is 27.8. The molecule has 200 valence electrons. The molecule has 0 bridgehead atoms. The average Bonchev–Trinajstić information content (AvgIpc) is 2.91. The zero-order valence-electron chi connectivity index (χ0n) is 22.7. The lowest BCUT2D eigenvalue weighted by molar-refractivity contribution is 0.379. The Morgan fingerprint density at radius 1 is 0.895 bits per heavy atom. The number of nitrogens with zero attached hydrogens (tertiary/aromatic N) is 3. The SMILES string of the molecule is COc1ccc(-n2c(C(C)N(C)S(=O)(=O)c3ccc(C(C)(C)C)cc3)nc3ccc(OC)cc3c2=O)cc1. The van der Waals surface area contributed by atoms with E-state index in [0.29, 0.717) is 28.1 Å². The van der Waals surface area contributed by atoms with Gasteiger partial charge < -0.3 is 9.47 Å². The van der Waals surface area contributed by atoms with Crippen molar-refractivity contribution < 1.29 is 17.9 Å². The molecular weight excluding hydrogens is 502 g/mol. The highest BCUT2D eigenvalue weighted by Gasteiger charge is 2.30. The van der Waals surface area contributed by atoms with Crippen molar-refractivity contribution in [3.63, 3.8) is 0 Å². The van der Waals surface area contributed by atoms with Crippen molar-refractivity contribution in [1.82, 2.24) is 13.9 Å². The zero-order valence-corrected chi connectivity index (χ0v) is 23.5. The highest BCUT2D eigenvalue weighted by Crippen LogP contribution is 2.30. The van der Waals surface area contributed by atoms with Gasteiger partial charge in [0.05, 0.1) is 41.7 Å². The van der Waals surface area contributed by atoms with Crippen molar-refractivity contribution in [2.75, 3.05) is 21.3 Å². The summed E-state index contributed by atoms with van der Waals surface area (Å²) in [6, 6.07) is 18.1. The molecule has 0 aliphatic rings. The van der Waals surface area contributed by atoms with Gasteiger partial charge in [0.15, 0.2) is 0 Å². The third kappa shape index (κ3) is 5.04. The molecule has 0 saturated carbocycles. The van der Waals surface area contributed by atoms with Gasteiger partial charge in [-0.15, -0.1) is 0 Å². The Balaban J connectivity index is 1.86. The van der Waals surface area contributed by atoms with Gasteiger partial charge in [-0.2, -0.15) is 4.31 Å². The van der Waals surface area contributed by atoms with E-state index in [1.165, 1.54) is 23.0 Å². The number of hydrogen-bond acceptors (Lipinski definition) is 6. The van der Waals surface area contributed by atoms with Gasteiger partial charge in [-0.1, -0.05) is 32.9 Å². The molecule has 38 heavy (non-hydrogen) atoms. The topological polar surface area (TPSA) is 90.7 Å². The fraction of sp³-hybridized carbons (Fsp3) is 0.310. The first-order chi connectivity index (χ1) is 17.9. The van der Waals surface area contributed by atoms with E-state index in [0.717, 1.165) is 5.56 Å². The second-order valence-electron chi connectivity index (χ2n) is 10.2. The molecule has 1 aromatic heterocycles. The molecule has 4 aromatic rings. The van der Waals surface area contributed by atoms with Gasteiger partial charge in [-0.3, -0.25) is 9.36 Å². The van der Waals surface area contributed by atoms with Crippen molar-refractivity contribution >= 4 is 20.9 Å². The molecule has 0 aliphatic heterocycles. The Labute approximate surface area is 223 Å². The van der Waals surface area contributed by atoms with Gasteiger partial charge in [-0.05, 0) is 72.5 Å². The maximum absolute atomic E-state index is 13.8. The second kappa shape index (κ2) is 10.2. The second-order valence-corrected chi connectivity index (χ2v) is 12.2. The van der Waals surface area contributed by atoms with Crippen LogP contribution in [0.2, 0.25) is 0 Å². The van der Waals surface area contributed by atoms with Gasteiger partial charge in [0.1, 0.15) is 17.3 Å². The molecule has 0 fully saturated rings. The minimum atomic E-state index is -3.90. The molecule has 0 spiro atoms. The lowest BCUT2D eigenvalue weighted by atomic mass is 9.87. The van der Waals surface area contributed by atoms with Crippen LogP contribution in [0.25, 0.3) is 16.6 Å². The third-order valence-electron chi connectivity index (χ3n) is 6.75. The van der Waals surface area contributed by atoms with Crippen LogP contribution in [-0.2, 0) is 15.4 Å². The van der Waals surface area contributed by atoms with Crippen molar-refractivity contribution in [3.8, 4) is 17.2 Å². The van der Waals surface area contributed by atoms with E-state index in [1.54, 1.807) is 68.6 Å². The number of ether oxygens (including phenoxy) is 2. The van der Waals surface area contributed by atoms with Gasteiger partial charge in [-0.25, -0.2) is 13.4 Å². The Kier molecular flexibility index (Phi) is 7.36. The smallest absolute Gasteiger partial charge is 0.266 e. The predicted molar refractivity (Wildman–Crippen MR) is 149 cm³/mol. The number of rotatable bonds is 7. The van der Waals surface area contributed by atoms with E-state index in [2.05, 4.69) is 20.8 Å². The molecule has 1 heterocycles. The fourth-order valence-corrected chi connectivity index (χ4v) is 5.56. The molecule has 0 radical (unpaired) electrons. The summed E-state index contributed by atoms with van der Waals surface area (Å²) >= 11 is 0. The fourth-order valence-electron chi connectivity index (χ4n) is 4.23. The minimum Gasteiger partial charge on any atom is -0.497 e. The van der Waals surface area contributed by atoms with Crippen molar-refractivity contribution in [3.05, 3.63) is 88.5 Å². The molecule has 4 rings (SSSR count). The van der Waals surface area contributed by atoms with E-state index in [1.807, 2.05) is 12.1 Å². The highest BCUT2D eigenvalue weighted by molar-refractivity contribution is 7.89. The summed E-state index contributed by atoms with van der Waals surface area (Å²) in [5.74, 6) is 1.44. The molecule has 3 aromatic carbocycles. The first-order valence-electron chi connectivity index (χ1n) is 12.2.